The fourth-order valence-electron chi connectivity index (χ4n) is 0.965. The third-order valence-electron chi connectivity index (χ3n) is 1.61. The Hall–Kier alpha value is -2.37. The molecule has 1 rings (SSSR count). The van der Waals surface area contributed by atoms with Crippen LogP contribution in [0.2, 0.25) is 0 Å². The molecule has 0 radical (unpaired) electrons. The van der Waals surface area contributed by atoms with Gasteiger partial charge in [0, 0.05) is 6.07 Å². The summed E-state index contributed by atoms with van der Waals surface area (Å²) in [6, 6.07) is 2.74. The number of aliphatic carboxylic acids is 1. The lowest BCUT2D eigenvalue weighted by Crippen LogP contribution is -2.38. The van der Waals surface area contributed by atoms with Crippen molar-refractivity contribution in [1.82, 2.24) is 0 Å². The van der Waals surface area contributed by atoms with Crippen molar-refractivity contribution in [3.05, 3.63) is 30.8 Å². The Morgan fingerprint density at radius 3 is 2.53 bits per heavy atom. The average molecular weight is 210 g/mol. The van der Waals surface area contributed by atoms with Gasteiger partial charge in [-0.3, -0.25) is 4.79 Å². The highest BCUT2D eigenvalue weighted by atomic mass is 16.4. The van der Waals surface area contributed by atoms with Gasteiger partial charge in [-0.1, -0.05) is 0 Å². The summed E-state index contributed by atoms with van der Waals surface area (Å²) in [6.45, 7) is 0. The number of aliphatic hydroxyl groups excluding tert-OH is 1. The van der Waals surface area contributed by atoms with Crippen LogP contribution < -0.4 is 4.57 Å². The molecule has 1 aromatic heterocycles. The zero-order valence-electron chi connectivity index (χ0n) is 7.49. The largest absolute Gasteiger partial charge is 0.509 e. The Bertz CT molecular complexity index is 438. The third kappa shape index (κ3) is 2.31. The first-order chi connectivity index (χ1) is 7.06. The maximum absolute atomic E-state index is 11.1. The molecule has 0 aromatic carbocycles. The highest BCUT2D eigenvalue weighted by molar-refractivity contribution is 6.47. The Morgan fingerprint density at radius 1 is 1.40 bits per heavy atom. The molecule has 0 atom stereocenters. The third-order valence-corrected chi connectivity index (χ3v) is 1.61. The number of carboxylic acids is 1. The maximum Gasteiger partial charge on any atom is 0.383 e. The van der Waals surface area contributed by atoms with Crippen molar-refractivity contribution >= 4 is 17.4 Å². The number of hydrogen-bond donors (Lipinski definition) is 3. The van der Waals surface area contributed by atoms with Crippen LogP contribution in [0, 0.1) is 0 Å². The molecule has 15 heavy (non-hydrogen) atoms. The van der Waals surface area contributed by atoms with Crippen LogP contribution >= 0.6 is 0 Å². The monoisotopic (exact) mass is 210 g/mol. The minimum absolute atomic E-state index is 0.157. The molecule has 78 valence electrons. The lowest BCUT2D eigenvalue weighted by atomic mass is 10.3. The normalized spacial score (nSPS) is 11.1. The van der Waals surface area contributed by atoms with E-state index < -0.39 is 17.4 Å². The van der Waals surface area contributed by atoms with E-state index in [9.17, 15) is 9.59 Å². The minimum Gasteiger partial charge on any atom is -0.509 e. The van der Waals surface area contributed by atoms with Crippen molar-refractivity contribution in [2.45, 2.75) is 0 Å². The van der Waals surface area contributed by atoms with Crippen LogP contribution in [0.4, 0.5) is 0 Å². The number of Topliss-reactive ketones (excluding diaryl/α,β-unsaturated/α-hetero) is 1. The minimum atomic E-state index is -1.69. The molecular formula is C9H8NO5+. The van der Waals surface area contributed by atoms with Gasteiger partial charge >= 0.3 is 17.4 Å². The molecule has 6 nitrogen and oxygen atoms in total. The van der Waals surface area contributed by atoms with Crippen LogP contribution in [-0.4, -0.2) is 27.1 Å². The van der Waals surface area contributed by atoms with E-state index in [4.69, 9.17) is 15.3 Å². The first-order valence-electron chi connectivity index (χ1n) is 3.89. The van der Waals surface area contributed by atoms with Gasteiger partial charge in [0.25, 0.3) is 0 Å². The number of carbonyl (C=O) groups excluding carboxylic acids is 1. The van der Waals surface area contributed by atoms with Gasteiger partial charge in [0.2, 0.25) is 6.20 Å². The number of aromatic hydroxyl groups is 1. The number of nitrogens with zero attached hydrogens (tertiary/aromatic N) is 1. The van der Waals surface area contributed by atoms with Gasteiger partial charge in [-0.2, -0.15) is 4.57 Å². The Labute approximate surface area is 84.3 Å². The van der Waals surface area contributed by atoms with Gasteiger partial charge in [-0.05, 0) is 6.07 Å². The molecule has 0 amide bonds. The Morgan fingerprint density at radius 2 is 2.07 bits per heavy atom. The molecule has 3 N–H and O–H groups in total. The van der Waals surface area contributed by atoms with E-state index in [2.05, 4.69) is 0 Å². The van der Waals surface area contributed by atoms with Gasteiger partial charge < -0.3 is 15.3 Å². The molecule has 0 saturated carbocycles. The van der Waals surface area contributed by atoms with Crippen molar-refractivity contribution < 1.29 is 29.5 Å². The second kappa shape index (κ2) is 4.23. The highest BCUT2D eigenvalue weighted by Crippen LogP contribution is 2.03. The molecular weight excluding hydrogens is 202 g/mol. The summed E-state index contributed by atoms with van der Waals surface area (Å²) >= 11 is 0. The van der Waals surface area contributed by atoms with E-state index in [-0.39, 0.29) is 5.75 Å². The molecule has 1 heterocycles. The zero-order valence-corrected chi connectivity index (χ0v) is 7.49. The highest BCUT2D eigenvalue weighted by Gasteiger charge is 2.27. The first-order valence-corrected chi connectivity index (χ1v) is 3.89. The number of pyridine rings is 1. The zero-order chi connectivity index (χ0) is 11.4. The van der Waals surface area contributed by atoms with Gasteiger partial charge in [0.1, 0.15) is 0 Å². The number of rotatable bonds is 3. The number of hydrogen-bond acceptors (Lipinski definition) is 4. The summed E-state index contributed by atoms with van der Waals surface area (Å²) in [5.74, 6) is -3.12. The fourth-order valence-corrected chi connectivity index (χ4v) is 0.965. The second-order valence-corrected chi connectivity index (χ2v) is 2.62. The van der Waals surface area contributed by atoms with Crippen molar-refractivity contribution in [2.75, 3.05) is 0 Å². The van der Waals surface area contributed by atoms with Crippen LogP contribution in [0.5, 0.6) is 5.75 Å². The lowest BCUT2D eigenvalue weighted by Gasteiger charge is -1.96. The van der Waals surface area contributed by atoms with Crippen LogP contribution in [0.1, 0.15) is 0 Å². The molecule has 0 bridgehead atoms. The van der Waals surface area contributed by atoms with Gasteiger partial charge in [-0.15, -0.1) is 0 Å². The summed E-state index contributed by atoms with van der Waals surface area (Å²) in [5, 5.41) is 26.3. The molecule has 1 aromatic rings. The van der Waals surface area contributed by atoms with Crippen LogP contribution in [0.3, 0.4) is 0 Å². The molecule has 0 fully saturated rings. The quantitative estimate of drug-likeness (QED) is 0.275. The molecule has 0 spiro atoms. The standard InChI is InChI=1S/C9H7NO5/c11-5-7(8(13)9(14)15)10-3-1-2-6(12)4-10/h1-5H,(H2-,11,12,13,14,15)/p+1. The summed E-state index contributed by atoms with van der Waals surface area (Å²) in [6.07, 6.45) is 2.79. The maximum atomic E-state index is 11.1. The van der Waals surface area contributed by atoms with E-state index in [1.165, 1.54) is 18.3 Å². The molecule has 0 unspecified atom stereocenters. The number of aliphatic hydroxyl groups is 1. The van der Waals surface area contributed by atoms with E-state index in [1.54, 1.807) is 0 Å². The number of aromatic nitrogens is 1. The fraction of sp³-hybridized carbons (Fsp3) is 0. The molecule has 0 aliphatic carbocycles. The van der Waals surface area contributed by atoms with Crippen molar-refractivity contribution in [1.29, 1.82) is 0 Å². The molecule has 6 heteroatoms. The SMILES string of the molecule is O=C(O)C(=O)/C(=C/O)[n+]1cccc(O)c1. The predicted molar refractivity (Wildman–Crippen MR) is 47.8 cm³/mol. The first kappa shape index (κ1) is 10.7. The van der Waals surface area contributed by atoms with Crippen molar-refractivity contribution in [3.63, 3.8) is 0 Å². The van der Waals surface area contributed by atoms with Gasteiger partial charge in [0.15, 0.2) is 18.2 Å². The van der Waals surface area contributed by atoms with Crippen molar-refractivity contribution in [3.8, 4) is 5.75 Å². The van der Waals surface area contributed by atoms with E-state index >= 15 is 0 Å². The lowest BCUT2D eigenvalue weighted by molar-refractivity contribution is -0.578. The number of ketones is 1. The number of carbonyl (C=O) groups is 2. The van der Waals surface area contributed by atoms with Crippen molar-refractivity contribution in [2.24, 2.45) is 0 Å². The summed E-state index contributed by atoms with van der Waals surface area (Å²) in [7, 11) is 0. The Balaban J connectivity index is 3.15. The molecule has 0 saturated heterocycles. The van der Waals surface area contributed by atoms with E-state index in [0.717, 1.165) is 10.8 Å². The summed E-state index contributed by atoms with van der Waals surface area (Å²) in [4.78, 5) is 21.4. The average Bonchev–Trinajstić information content (AvgIpc) is 2.18. The van der Waals surface area contributed by atoms with Crippen LogP contribution in [0.15, 0.2) is 30.8 Å². The smallest absolute Gasteiger partial charge is 0.383 e. The topological polar surface area (TPSA) is 98.7 Å². The van der Waals surface area contributed by atoms with Crippen LogP contribution in [-0.2, 0) is 9.59 Å². The molecule has 0 aliphatic rings. The van der Waals surface area contributed by atoms with Gasteiger partial charge in [0.05, 0.1) is 0 Å². The number of carboxylic acid groups (broad SMARTS) is 1. The molecule has 0 aliphatic heterocycles. The Kier molecular flexibility index (Phi) is 3.02. The predicted octanol–water partition coefficient (Wildman–Crippen LogP) is -0.310. The summed E-state index contributed by atoms with van der Waals surface area (Å²) in [5.41, 5.74) is -0.460. The van der Waals surface area contributed by atoms with Gasteiger partial charge in [-0.25, -0.2) is 4.79 Å². The second-order valence-electron chi connectivity index (χ2n) is 2.62. The summed E-state index contributed by atoms with van der Waals surface area (Å²) < 4.78 is 1.01. The van der Waals surface area contributed by atoms with E-state index in [1.807, 2.05) is 0 Å². The van der Waals surface area contributed by atoms with Crippen LogP contribution in [0.25, 0.3) is 5.70 Å². The van der Waals surface area contributed by atoms with E-state index in [0.29, 0.717) is 6.26 Å².